The normalized spacial score (nSPS) is 12.5. The van der Waals surface area contributed by atoms with E-state index in [0.29, 0.717) is 0 Å². The van der Waals surface area contributed by atoms with E-state index >= 15 is 0 Å². The zero-order valence-electron chi connectivity index (χ0n) is 11.5. The van der Waals surface area contributed by atoms with E-state index in [1.807, 2.05) is 24.3 Å². The molecular weight excluding hydrogens is 281 g/mol. The fourth-order valence-electron chi connectivity index (χ4n) is 2.41. The van der Waals surface area contributed by atoms with Crippen molar-refractivity contribution in [1.82, 2.24) is 0 Å². The molecule has 0 aliphatic heterocycles. The molecule has 0 heterocycles. The molecule has 106 valence electrons. The number of thioether (sulfide) groups is 1. The maximum absolute atomic E-state index is 13.2. The summed E-state index contributed by atoms with van der Waals surface area (Å²) >= 11 is 1.58. The van der Waals surface area contributed by atoms with E-state index in [-0.39, 0.29) is 11.9 Å². The second kappa shape index (κ2) is 6.29. The van der Waals surface area contributed by atoms with Crippen LogP contribution in [-0.2, 0) is 0 Å². The van der Waals surface area contributed by atoms with E-state index in [4.69, 9.17) is 5.73 Å². The lowest BCUT2D eigenvalue weighted by atomic mass is 10.0. The summed E-state index contributed by atoms with van der Waals surface area (Å²) in [4.78, 5) is 0.908. The monoisotopic (exact) mass is 297 g/mol. The van der Waals surface area contributed by atoms with E-state index in [2.05, 4.69) is 24.3 Å². The standard InChI is InChI=1S/C18H16FNS/c19-14-7-4-8-15(11-14)21-12-18(20)17-10-3-6-13-5-1-2-9-16(13)17/h1-11,18H,12,20H2. The van der Waals surface area contributed by atoms with Crippen LogP contribution >= 0.6 is 11.8 Å². The number of rotatable bonds is 4. The first-order chi connectivity index (χ1) is 10.2. The van der Waals surface area contributed by atoms with Crippen molar-refractivity contribution in [2.45, 2.75) is 10.9 Å². The molecule has 0 fully saturated rings. The minimum Gasteiger partial charge on any atom is -0.323 e. The van der Waals surface area contributed by atoms with E-state index in [1.165, 1.54) is 16.8 Å². The third-order valence-electron chi connectivity index (χ3n) is 3.45. The fraction of sp³-hybridized carbons (Fsp3) is 0.111. The SMILES string of the molecule is NC(CSc1cccc(F)c1)c1cccc2ccccc12. The molecule has 0 aromatic heterocycles. The van der Waals surface area contributed by atoms with Crippen LogP contribution in [0.25, 0.3) is 10.8 Å². The first-order valence-corrected chi connectivity index (χ1v) is 7.84. The van der Waals surface area contributed by atoms with Crippen molar-refractivity contribution in [3.63, 3.8) is 0 Å². The van der Waals surface area contributed by atoms with Gasteiger partial charge in [-0.1, -0.05) is 48.5 Å². The third-order valence-corrected chi connectivity index (χ3v) is 4.56. The molecule has 0 saturated carbocycles. The van der Waals surface area contributed by atoms with Crippen LogP contribution in [0.1, 0.15) is 11.6 Å². The van der Waals surface area contributed by atoms with Crippen LogP contribution in [-0.4, -0.2) is 5.75 Å². The lowest BCUT2D eigenvalue weighted by molar-refractivity contribution is 0.624. The average molecular weight is 297 g/mol. The highest BCUT2D eigenvalue weighted by atomic mass is 32.2. The highest BCUT2D eigenvalue weighted by Crippen LogP contribution is 2.28. The Bertz CT molecular complexity index is 752. The number of nitrogens with two attached hydrogens (primary N) is 1. The minimum atomic E-state index is -0.210. The Morgan fingerprint density at radius 3 is 2.57 bits per heavy atom. The molecule has 2 N–H and O–H groups in total. The fourth-order valence-corrected chi connectivity index (χ4v) is 3.33. The molecule has 1 nitrogen and oxygen atoms in total. The van der Waals surface area contributed by atoms with Gasteiger partial charge in [-0.2, -0.15) is 0 Å². The van der Waals surface area contributed by atoms with Gasteiger partial charge >= 0.3 is 0 Å². The predicted molar refractivity (Wildman–Crippen MR) is 88.0 cm³/mol. The maximum atomic E-state index is 13.2. The molecule has 0 saturated heterocycles. The third kappa shape index (κ3) is 3.26. The molecule has 3 heteroatoms. The van der Waals surface area contributed by atoms with Crippen molar-refractivity contribution >= 4 is 22.5 Å². The van der Waals surface area contributed by atoms with Gasteiger partial charge in [-0.05, 0) is 34.5 Å². The summed E-state index contributed by atoms with van der Waals surface area (Å²) in [5.41, 5.74) is 7.47. The quantitative estimate of drug-likeness (QED) is 0.702. The zero-order valence-corrected chi connectivity index (χ0v) is 12.3. The molecule has 0 bridgehead atoms. The van der Waals surface area contributed by atoms with Crippen molar-refractivity contribution in [3.05, 3.63) is 78.1 Å². The predicted octanol–water partition coefficient (Wildman–Crippen LogP) is 4.77. The maximum Gasteiger partial charge on any atom is 0.124 e. The van der Waals surface area contributed by atoms with Crippen molar-refractivity contribution in [2.24, 2.45) is 5.73 Å². The summed E-state index contributed by atoms with van der Waals surface area (Å²) < 4.78 is 13.2. The van der Waals surface area contributed by atoms with Crippen LogP contribution in [0.2, 0.25) is 0 Å². The van der Waals surface area contributed by atoms with Gasteiger partial charge in [-0.15, -0.1) is 11.8 Å². The highest BCUT2D eigenvalue weighted by molar-refractivity contribution is 7.99. The van der Waals surface area contributed by atoms with Gasteiger partial charge in [-0.25, -0.2) is 4.39 Å². The summed E-state index contributed by atoms with van der Waals surface area (Å²) in [7, 11) is 0. The molecule has 21 heavy (non-hydrogen) atoms. The summed E-state index contributed by atoms with van der Waals surface area (Å²) in [5, 5.41) is 2.38. The molecule has 0 spiro atoms. The number of benzene rings is 3. The van der Waals surface area contributed by atoms with Crippen molar-refractivity contribution < 1.29 is 4.39 Å². The molecule has 1 unspecified atom stereocenters. The summed E-state index contributed by atoms with van der Waals surface area (Å²) in [6, 6.07) is 21.0. The number of hydrogen-bond donors (Lipinski definition) is 1. The van der Waals surface area contributed by atoms with Crippen molar-refractivity contribution in [2.75, 3.05) is 5.75 Å². The molecule has 3 aromatic rings. The summed E-state index contributed by atoms with van der Waals surface area (Å²) in [5.74, 6) is 0.510. The van der Waals surface area contributed by atoms with Crippen LogP contribution < -0.4 is 5.73 Å². The Labute approximate surface area is 128 Å². The van der Waals surface area contributed by atoms with Crippen LogP contribution in [0.5, 0.6) is 0 Å². The Morgan fingerprint density at radius 2 is 1.71 bits per heavy atom. The molecule has 0 radical (unpaired) electrons. The van der Waals surface area contributed by atoms with Gasteiger partial charge in [0, 0.05) is 16.7 Å². The van der Waals surface area contributed by atoms with Crippen LogP contribution in [0, 0.1) is 5.82 Å². The Balaban J connectivity index is 1.79. The Morgan fingerprint density at radius 1 is 0.952 bits per heavy atom. The van der Waals surface area contributed by atoms with Gasteiger partial charge in [0.05, 0.1) is 0 Å². The lowest BCUT2D eigenvalue weighted by Crippen LogP contribution is -2.13. The Kier molecular flexibility index (Phi) is 4.23. The lowest BCUT2D eigenvalue weighted by Gasteiger charge is -2.14. The highest BCUT2D eigenvalue weighted by Gasteiger charge is 2.10. The van der Waals surface area contributed by atoms with E-state index in [1.54, 1.807) is 23.9 Å². The Hall–Kier alpha value is -1.84. The summed E-state index contributed by atoms with van der Waals surface area (Å²) in [6.07, 6.45) is 0. The second-order valence-corrected chi connectivity index (χ2v) is 6.04. The van der Waals surface area contributed by atoms with Crippen LogP contribution in [0.15, 0.2) is 71.6 Å². The van der Waals surface area contributed by atoms with Crippen LogP contribution in [0.4, 0.5) is 4.39 Å². The molecule has 1 atom stereocenters. The van der Waals surface area contributed by atoms with Gasteiger partial charge in [0.1, 0.15) is 5.82 Å². The van der Waals surface area contributed by atoms with Gasteiger partial charge in [0.25, 0.3) is 0 Å². The minimum absolute atomic E-state index is 0.0793. The largest absolute Gasteiger partial charge is 0.323 e. The van der Waals surface area contributed by atoms with Gasteiger partial charge in [0.15, 0.2) is 0 Å². The first-order valence-electron chi connectivity index (χ1n) is 6.85. The van der Waals surface area contributed by atoms with Gasteiger partial charge in [0.2, 0.25) is 0 Å². The van der Waals surface area contributed by atoms with Crippen LogP contribution in [0.3, 0.4) is 0 Å². The number of fused-ring (bicyclic) bond motifs is 1. The zero-order chi connectivity index (χ0) is 14.7. The number of hydrogen-bond acceptors (Lipinski definition) is 2. The van der Waals surface area contributed by atoms with E-state index in [9.17, 15) is 4.39 Å². The summed E-state index contributed by atoms with van der Waals surface area (Å²) in [6.45, 7) is 0. The molecule has 3 rings (SSSR count). The second-order valence-electron chi connectivity index (χ2n) is 4.94. The van der Waals surface area contributed by atoms with E-state index < -0.39 is 0 Å². The average Bonchev–Trinajstić information content (AvgIpc) is 2.52. The molecule has 0 aliphatic rings. The van der Waals surface area contributed by atoms with E-state index in [0.717, 1.165) is 16.2 Å². The van der Waals surface area contributed by atoms with Crippen molar-refractivity contribution in [3.8, 4) is 0 Å². The topological polar surface area (TPSA) is 26.0 Å². The smallest absolute Gasteiger partial charge is 0.124 e. The molecule has 0 aliphatic carbocycles. The molecule has 0 amide bonds. The van der Waals surface area contributed by atoms with Crippen molar-refractivity contribution in [1.29, 1.82) is 0 Å². The van der Waals surface area contributed by atoms with Gasteiger partial charge in [-0.3, -0.25) is 0 Å². The molecule has 3 aromatic carbocycles. The first kappa shape index (κ1) is 14.1. The van der Waals surface area contributed by atoms with Gasteiger partial charge < -0.3 is 5.73 Å². The number of halogens is 1. The molecular formula is C18H16FNS.